The van der Waals surface area contributed by atoms with Gasteiger partial charge in [-0.3, -0.25) is 0 Å². The van der Waals surface area contributed by atoms with Gasteiger partial charge in [-0.15, -0.1) is 10.2 Å². The predicted octanol–water partition coefficient (Wildman–Crippen LogP) is 1.89. The van der Waals surface area contributed by atoms with Crippen LogP contribution in [-0.4, -0.2) is 15.2 Å². The Morgan fingerprint density at radius 3 is 2.62 bits per heavy atom. The van der Waals surface area contributed by atoms with Crippen molar-refractivity contribution in [3.63, 3.8) is 0 Å². The van der Waals surface area contributed by atoms with Gasteiger partial charge >= 0.3 is 0 Å². The summed E-state index contributed by atoms with van der Waals surface area (Å²) in [5.74, 6) is 1.60. The summed E-state index contributed by atoms with van der Waals surface area (Å²) < 4.78 is 0. The molecular weight excluding hydrogens is 162 g/mol. The van der Waals surface area contributed by atoms with E-state index in [1.165, 1.54) is 5.56 Å². The zero-order valence-corrected chi connectivity index (χ0v) is 7.63. The Morgan fingerprint density at radius 2 is 2.08 bits per heavy atom. The van der Waals surface area contributed by atoms with Gasteiger partial charge in [0, 0.05) is 5.56 Å². The highest BCUT2D eigenvalue weighted by molar-refractivity contribution is 5.53. The van der Waals surface area contributed by atoms with Gasteiger partial charge in [0.05, 0.1) is 0 Å². The van der Waals surface area contributed by atoms with Crippen LogP contribution in [0.15, 0.2) is 18.2 Å². The highest BCUT2D eigenvalue weighted by Crippen LogP contribution is 2.13. The fourth-order valence-corrected chi connectivity index (χ4v) is 1.12. The van der Waals surface area contributed by atoms with Crippen LogP contribution >= 0.6 is 0 Å². The number of nitrogens with one attached hydrogen (secondary N) is 1. The maximum atomic E-state index is 3.98. The first-order chi connectivity index (χ1) is 6.25. The van der Waals surface area contributed by atoms with Crippen LogP contribution in [0, 0.1) is 19.9 Å². The first kappa shape index (κ1) is 7.98. The van der Waals surface area contributed by atoms with E-state index in [1.807, 2.05) is 32.0 Å². The summed E-state index contributed by atoms with van der Waals surface area (Å²) in [7, 11) is 0. The van der Waals surface area contributed by atoms with Gasteiger partial charge < -0.3 is 4.98 Å². The topological polar surface area (TPSA) is 41.6 Å². The van der Waals surface area contributed by atoms with Crippen molar-refractivity contribution in [2.24, 2.45) is 0 Å². The summed E-state index contributed by atoms with van der Waals surface area (Å²) in [4.78, 5) is 3.06. The molecule has 3 heteroatoms. The lowest BCUT2D eigenvalue weighted by Crippen LogP contribution is -1.81. The molecule has 0 unspecified atom stereocenters. The third-order valence-electron chi connectivity index (χ3n) is 1.82. The Balaban J connectivity index is 2.41. The van der Waals surface area contributed by atoms with Crippen molar-refractivity contribution < 1.29 is 0 Å². The van der Waals surface area contributed by atoms with E-state index < -0.39 is 0 Å². The van der Waals surface area contributed by atoms with Crippen LogP contribution in [0.2, 0.25) is 0 Å². The molecule has 0 aliphatic heterocycles. The van der Waals surface area contributed by atoms with Gasteiger partial charge in [-0.1, -0.05) is 23.8 Å². The second-order valence-corrected chi connectivity index (χ2v) is 3.04. The van der Waals surface area contributed by atoms with Crippen molar-refractivity contribution in [2.75, 3.05) is 0 Å². The first-order valence-corrected chi connectivity index (χ1v) is 4.14. The van der Waals surface area contributed by atoms with Crippen molar-refractivity contribution in [1.29, 1.82) is 0 Å². The summed E-state index contributed by atoms with van der Waals surface area (Å²) in [6.45, 7) is 3.91. The van der Waals surface area contributed by atoms with Crippen molar-refractivity contribution in [3.05, 3.63) is 35.7 Å². The minimum atomic E-state index is 0.775. The van der Waals surface area contributed by atoms with Crippen molar-refractivity contribution in [1.82, 2.24) is 15.2 Å². The molecule has 2 aromatic rings. The predicted molar refractivity (Wildman–Crippen MR) is 50.1 cm³/mol. The highest BCUT2D eigenvalue weighted by atomic mass is 15.2. The SMILES string of the molecule is Cc1c[c]c(-c2nnc(C)[nH]2)cc1. The third kappa shape index (κ3) is 1.59. The quantitative estimate of drug-likeness (QED) is 0.713. The number of aromatic amines is 1. The lowest BCUT2D eigenvalue weighted by molar-refractivity contribution is 1.04. The van der Waals surface area contributed by atoms with E-state index in [4.69, 9.17) is 0 Å². The van der Waals surface area contributed by atoms with E-state index in [9.17, 15) is 0 Å². The van der Waals surface area contributed by atoms with Crippen molar-refractivity contribution in [3.8, 4) is 11.4 Å². The van der Waals surface area contributed by atoms with E-state index in [1.54, 1.807) is 0 Å². The molecule has 0 atom stereocenters. The zero-order chi connectivity index (χ0) is 9.26. The number of aromatic nitrogens is 3. The molecule has 0 amide bonds. The number of H-pyrrole nitrogens is 1. The number of rotatable bonds is 1. The second kappa shape index (κ2) is 3.01. The van der Waals surface area contributed by atoms with Gasteiger partial charge in [-0.05, 0) is 19.9 Å². The molecule has 1 N–H and O–H groups in total. The van der Waals surface area contributed by atoms with E-state index in [-0.39, 0.29) is 0 Å². The Bertz CT molecular complexity index is 400. The fraction of sp³-hybridized carbons (Fsp3) is 0.200. The number of benzene rings is 1. The van der Waals surface area contributed by atoms with Crippen LogP contribution in [0.1, 0.15) is 11.4 Å². The molecule has 0 aliphatic carbocycles. The molecule has 0 saturated heterocycles. The maximum Gasteiger partial charge on any atom is 0.161 e. The average molecular weight is 172 g/mol. The van der Waals surface area contributed by atoms with Gasteiger partial charge in [0.2, 0.25) is 0 Å². The van der Waals surface area contributed by atoms with E-state index in [0.29, 0.717) is 0 Å². The van der Waals surface area contributed by atoms with Crippen LogP contribution < -0.4 is 0 Å². The molecule has 1 aromatic carbocycles. The Hall–Kier alpha value is -1.64. The van der Waals surface area contributed by atoms with Crippen LogP contribution in [0.4, 0.5) is 0 Å². The van der Waals surface area contributed by atoms with E-state index in [2.05, 4.69) is 21.2 Å². The fourth-order valence-electron chi connectivity index (χ4n) is 1.12. The van der Waals surface area contributed by atoms with Gasteiger partial charge in [-0.25, -0.2) is 0 Å². The normalized spacial score (nSPS) is 10.3. The summed E-state index contributed by atoms with van der Waals surface area (Å²) in [5.41, 5.74) is 2.14. The largest absolute Gasteiger partial charge is 0.325 e. The molecular formula is C10H10N3. The zero-order valence-electron chi connectivity index (χ0n) is 7.63. The Morgan fingerprint density at radius 1 is 1.23 bits per heavy atom. The molecule has 1 radical (unpaired) electrons. The molecule has 3 nitrogen and oxygen atoms in total. The molecule has 0 aliphatic rings. The van der Waals surface area contributed by atoms with Crippen molar-refractivity contribution in [2.45, 2.75) is 13.8 Å². The summed E-state index contributed by atoms with van der Waals surface area (Å²) >= 11 is 0. The Labute approximate surface area is 76.8 Å². The minimum Gasteiger partial charge on any atom is -0.325 e. The lowest BCUT2D eigenvalue weighted by atomic mass is 10.1. The molecule has 65 valence electrons. The average Bonchev–Trinajstić information content (AvgIpc) is 2.53. The monoisotopic (exact) mass is 172 g/mol. The molecule has 13 heavy (non-hydrogen) atoms. The van der Waals surface area contributed by atoms with Gasteiger partial charge in [0.25, 0.3) is 0 Å². The lowest BCUT2D eigenvalue weighted by Gasteiger charge is -1.94. The van der Waals surface area contributed by atoms with E-state index >= 15 is 0 Å². The highest BCUT2D eigenvalue weighted by Gasteiger charge is 2.01. The number of aryl methyl sites for hydroxylation is 2. The van der Waals surface area contributed by atoms with Crippen molar-refractivity contribution >= 4 is 0 Å². The summed E-state index contributed by atoms with van der Waals surface area (Å²) in [6, 6.07) is 9.08. The van der Waals surface area contributed by atoms with Crippen LogP contribution in [-0.2, 0) is 0 Å². The molecule has 0 spiro atoms. The van der Waals surface area contributed by atoms with E-state index in [0.717, 1.165) is 17.2 Å². The number of nitrogens with zero attached hydrogens (tertiary/aromatic N) is 2. The molecule has 2 rings (SSSR count). The molecule has 0 bridgehead atoms. The summed E-state index contributed by atoms with van der Waals surface area (Å²) in [6.07, 6.45) is 0. The Kier molecular flexibility index (Phi) is 1.85. The summed E-state index contributed by atoms with van der Waals surface area (Å²) in [5, 5.41) is 7.87. The maximum absolute atomic E-state index is 3.98. The smallest absolute Gasteiger partial charge is 0.161 e. The standard InChI is InChI=1S/C10H10N3/c1-7-3-5-9(6-4-7)10-11-8(2)12-13-10/h3-5H,1-2H3,(H,11,12,13). The third-order valence-corrected chi connectivity index (χ3v) is 1.82. The van der Waals surface area contributed by atoms with Crippen LogP contribution in [0.3, 0.4) is 0 Å². The first-order valence-electron chi connectivity index (χ1n) is 4.14. The minimum absolute atomic E-state index is 0.775. The molecule has 1 heterocycles. The van der Waals surface area contributed by atoms with Gasteiger partial charge in [-0.2, -0.15) is 0 Å². The van der Waals surface area contributed by atoms with Crippen LogP contribution in [0.5, 0.6) is 0 Å². The van der Waals surface area contributed by atoms with Crippen LogP contribution in [0.25, 0.3) is 11.4 Å². The van der Waals surface area contributed by atoms with Gasteiger partial charge in [0.15, 0.2) is 5.82 Å². The number of hydrogen-bond donors (Lipinski definition) is 1. The molecule has 0 fully saturated rings. The molecule has 1 aromatic heterocycles. The number of hydrogen-bond acceptors (Lipinski definition) is 2. The van der Waals surface area contributed by atoms with Gasteiger partial charge in [0.1, 0.15) is 5.82 Å². The second-order valence-electron chi connectivity index (χ2n) is 3.04. The molecule has 0 saturated carbocycles.